The second kappa shape index (κ2) is 6.97. The molecule has 0 radical (unpaired) electrons. The summed E-state index contributed by atoms with van der Waals surface area (Å²) in [5.74, 6) is 0. The van der Waals surface area contributed by atoms with Gasteiger partial charge >= 0.3 is 0 Å². The molecular weight excluding hydrogens is 336 g/mol. The maximum atomic E-state index is 11.2. The van der Waals surface area contributed by atoms with E-state index in [0.29, 0.717) is 11.1 Å². The summed E-state index contributed by atoms with van der Waals surface area (Å²) in [6.45, 7) is 0. The second-order valence-corrected chi connectivity index (χ2v) is 6.59. The number of benzene rings is 3. The van der Waals surface area contributed by atoms with Crippen LogP contribution in [0.15, 0.2) is 82.8 Å². The molecule has 27 heavy (non-hydrogen) atoms. The summed E-state index contributed by atoms with van der Waals surface area (Å²) in [6, 6.07) is 23.7. The Morgan fingerprint density at radius 1 is 0.630 bits per heavy atom. The van der Waals surface area contributed by atoms with Crippen LogP contribution in [0.5, 0.6) is 0 Å². The lowest BCUT2D eigenvalue weighted by Crippen LogP contribution is -2.22. The third-order valence-electron chi connectivity index (χ3n) is 5.04. The topological polar surface area (TPSA) is 58.9 Å². The largest absolute Gasteiger partial charge is 0.238 e. The van der Waals surface area contributed by atoms with Crippen molar-refractivity contribution in [1.82, 2.24) is 0 Å². The summed E-state index contributed by atoms with van der Waals surface area (Å²) in [6.07, 6.45) is 4.75. The average Bonchev–Trinajstić information content (AvgIpc) is 2.72. The molecule has 0 fully saturated rings. The molecule has 0 spiro atoms. The highest BCUT2D eigenvalue weighted by Gasteiger charge is 2.34. The standard InChI is InChI=1S/C23H16N2O2/c26-15-24-23(25-16-27)21-9-5-17(6-10-21)13-19-3-1-2-4-20(19)14-18-7-11-22(23)12-8-18/h1-12H,13-14H2. The van der Waals surface area contributed by atoms with Crippen molar-refractivity contribution in [2.75, 3.05) is 0 Å². The molecule has 0 amide bonds. The van der Waals surface area contributed by atoms with E-state index in [4.69, 9.17) is 0 Å². The van der Waals surface area contributed by atoms with Crippen LogP contribution in [0.3, 0.4) is 0 Å². The summed E-state index contributed by atoms with van der Waals surface area (Å²) < 4.78 is 0. The summed E-state index contributed by atoms with van der Waals surface area (Å²) >= 11 is 0. The van der Waals surface area contributed by atoms with Crippen LogP contribution in [0, 0.1) is 0 Å². The molecule has 0 unspecified atom stereocenters. The SMILES string of the molecule is O=C=NC1(N=C=O)c2ccc(cc2)Cc2ccccc2Cc2ccc1cc2. The van der Waals surface area contributed by atoms with Crippen LogP contribution in [0.4, 0.5) is 0 Å². The molecule has 0 heterocycles. The van der Waals surface area contributed by atoms with Crippen molar-refractivity contribution in [2.45, 2.75) is 18.5 Å². The molecule has 7 rings (SSSR count). The van der Waals surface area contributed by atoms with Gasteiger partial charge < -0.3 is 0 Å². The lowest BCUT2D eigenvalue weighted by Gasteiger charge is -2.23. The third-order valence-corrected chi connectivity index (χ3v) is 5.04. The molecule has 0 aliphatic heterocycles. The Labute approximate surface area is 156 Å². The van der Waals surface area contributed by atoms with Crippen LogP contribution >= 0.6 is 0 Å². The molecule has 0 saturated heterocycles. The fraction of sp³-hybridized carbons (Fsp3) is 0.130. The van der Waals surface area contributed by atoms with Crippen LogP contribution in [-0.2, 0) is 28.1 Å². The van der Waals surface area contributed by atoms with Crippen molar-refractivity contribution >= 4 is 12.2 Å². The van der Waals surface area contributed by atoms with Crippen molar-refractivity contribution in [1.29, 1.82) is 0 Å². The Morgan fingerprint density at radius 2 is 1.04 bits per heavy atom. The van der Waals surface area contributed by atoms with E-state index in [1.54, 1.807) is 12.2 Å². The Balaban J connectivity index is 1.99. The van der Waals surface area contributed by atoms with Crippen molar-refractivity contribution < 1.29 is 9.59 Å². The van der Waals surface area contributed by atoms with Gasteiger partial charge in [-0.1, -0.05) is 72.8 Å². The molecule has 0 aromatic heterocycles. The molecule has 0 atom stereocenters. The number of carbonyl (C=O) groups excluding carboxylic acids is 2. The number of nitrogens with zero attached hydrogens (tertiary/aromatic N) is 2. The quantitative estimate of drug-likeness (QED) is 0.516. The van der Waals surface area contributed by atoms with E-state index in [9.17, 15) is 9.59 Å². The van der Waals surface area contributed by atoms with E-state index < -0.39 is 5.66 Å². The van der Waals surface area contributed by atoms with Crippen molar-refractivity contribution in [3.63, 3.8) is 0 Å². The highest BCUT2D eigenvalue weighted by atomic mass is 16.1. The van der Waals surface area contributed by atoms with E-state index >= 15 is 0 Å². The summed E-state index contributed by atoms with van der Waals surface area (Å²) in [5.41, 5.74) is 4.60. The van der Waals surface area contributed by atoms with Crippen LogP contribution in [0.25, 0.3) is 0 Å². The zero-order valence-electron chi connectivity index (χ0n) is 14.6. The number of isocyanates is 2. The van der Waals surface area contributed by atoms with Gasteiger partial charge in [0, 0.05) is 11.1 Å². The molecule has 4 aliphatic rings. The fourth-order valence-corrected chi connectivity index (χ4v) is 3.63. The monoisotopic (exact) mass is 352 g/mol. The van der Waals surface area contributed by atoms with Crippen LogP contribution in [-0.4, -0.2) is 12.2 Å². The Kier molecular flexibility index (Phi) is 4.35. The van der Waals surface area contributed by atoms with E-state index in [1.165, 1.54) is 11.1 Å². The van der Waals surface area contributed by atoms with Gasteiger partial charge in [-0.15, -0.1) is 0 Å². The maximum absolute atomic E-state index is 11.2. The first-order valence-corrected chi connectivity index (χ1v) is 8.69. The molecule has 4 aliphatic carbocycles. The number of rotatable bonds is 2. The summed E-state index contributed by atoms with van der Waals surface area (Å²) in [4.78, 5) is 30.2. The minimum atomic E-state index is -1.46. The maximum Gasteiger partial charge on any atom is 0.238 e. The molecule has 0 N–H and O–H groups in total. The zero-order chi connectivity index (χ0) is 18.7. The number of aliphatic imine (C=N–C) groups is 2. The van der Waals surface area contributed by atoms with Gasteiger partial charge in [-0.25, -0.2) is 9.59 Å². The second-order valence-electron chi connectivity index (χ2n) is 6.59. The molecular formula is C23H16N2O2. The number of hydrogen-bond acceptors (Lipinski definition) is 4. The van der Waals surface area contributed by atoms with E-state index in [-0.39, 0.29) is 0 Å². The lowest BCUT2D eigenvalue weighted by atomic mass is 9.90. The highest BCUT2D eigenvalue weighted by molar-refractivity contribution is 5.51. The normalized spacial score (nSPS) is 13.9. The molecule has 4 heteroatoms. The van der Waals surface area contributed by atoms with Gasteiger partial charge in [0.25, 0.3) is 0 Å². The molecule has 4 bridgehead atoms. The van der Waals surface area contributed by atoms with Gasteiger partial charge in [0.2, 0.25) is 17.8 Å². The van der Waals surface area contributed by atoms with Gasteiger partial charge in [-0.05, 0) is 35.1 Å². The van der Waals surface area contributed by atoms with Crippen LogP contribution < -0.4 is 0 Å². The first kappa shape index (κ1) is 16.9. The van der Waals surface area contributed by atoms with E-state index in [1.807, 2.05) is 48.5 Å². The Hall–Kier alpha value is -3.58. The Morgan fingerprint density at radius 3 is 1.41 bits per heavy atom. The third kappa shape index (κ3) is 3.04. The first-order valence-electron chi connectivity index (χ1n) is 8.69. The first-order chi connectivity index (χ1) is 13.2. The average molecular weight is 352 g/mol. The summed E-state index contributed by atoms with van der Waals surface area (Å²) in [7, 11) is 0. The van der Waals surface area contributed by atoms with Crippen molar-refractivity contribution in [3.8, 4) is 0 Å². The van der Waals surface area contributed by atoms with Crippen molar-refractivity contribution in [3.05, 3.63) is 106 Å². The highest BCUT2D eigenvalue weighted by Crippen LogP contribution is 2.36. The van der Waals surface area contributed by atoms with Gasteiger partial charge in [-0.2, -0.15) is 9.98 Å². The zero-order valence-corrected chi connectivity index (χ0v) is 14.6. The van der Waals surface area contributed by atoms with E-state index in [2.05, 4.69) is 34.3 Å². The smallest absolute Gasteiger partial charge is 0.211 e. The van der Waals surface area contributed by atoms with Crippen LogP contribution in [0.1, 0.15) is 33.4 Å². The molecule has 0 saturated carbocycles. The predicted molar refractivity (Wildman–Crippen MR) is 102 cm³/mol. The van der Waals surface area contributed by atoms with Crippen molar-refractivity contribution in [2.24, 2.45) is 9.98 Å². The number of hydrogen-bond donors (Lipinski definition) is 0. The molecule has 3 aromatic rings. The molecule has 3 aromatic carbocycles. The van der Waals surface area contributed by atoms with E-state index in [0.717, 1.165) is 24.0 Å². The predicted octanol–water partition coefficient (Wildman–Crippen LogP) is 4.05. The lowest BCUT2D eigenvalue weighted by molar-refractivity contribution is 0.516. The van der Waals surface area contributed by atoms with Crippen LogP contribution in [0.2, 0.25) is 0 Å². The fourth-order valence-electron chi connectivity index (χ4n) is 3.63. The van der Waals surface area contributed by atoms with Gasteiger partial charge in [0.1, 0.15) is 0 Å². The minimum Gasteiger partial charge on any atom is -0.211 e. The molecule has 130 valence electrons. The van der Waals surface area contributed by atoms with Gasteiger partial charge in [0.15, 0.2) is 0 Å². The minimum absolute atomic E-state index is 0.623. The summed E-state index contributed by atoms with van der Waals surface area (Å²) in [5, 5.41) is 0. The molecule has 4 nitrogen and oxygen atoms in total. The Bertz CT molecular complexity index is 984. The van der Waals surface area contributed by atoms with Gasteiger partial charge in [0.05, 0.1) is 0 Å². The van der Waals surface area contributed by atoms with Gasteiger partial charge in [-0.3, -0.25) is 0 Å².